The SMILES string of the molecule is O=C(Nc1ccc(N2CCC(Cc3ccccc3)CC2)c(C(=O)NCC2CCCO2)c1)c1ccc(Cl)cc1. The number of amides is 2. The fourth-order valence-corrected chi connectivity index (χ4v) is 5.43. The zero-order valence-corrected chi connectivity index (χ0v) is 22.3. The number of carbonyl (C=O) groups is 2. The molecule has 2 fully saturated rings. The van der Waals surface area contributed by atoms with Gasteiger partial charge >= 0.3 is 0 Å². The molecular weight excluding hydrogens is 498 g/mol. The molecule has 198 valence electrons. The lowest BCUT2D eigenvalue weighted by Gasteiger charge is -2.35. The maximum atomic E-state index is 13.4. The van der Waals surface area contributed by atoms with Crippen LogP contribution in [0.25, 0.3) is 0 Å². The number of anilines is 2. The van der Waals surface area contributed by atoms with Gasteiger partial charge in [0, 0.05) is 48.2 Å². The Morgan fingerprint density at radius 3 is 2.39 bits per heavy atom. The summed E-state index contributed by atoms with van der Waals surface area (Å²) < 4.78 is 5.69. The van der Waals surface area contributed by atoms with Gasteiger partial charge in [-0.1, -0.05) is 41.9 Å². The minimum Gasteiger partial charge on any atom is -0.376 e. The van der Waals surface area contributed by atoms with Gasteiger partial charge in [0.15, 0.2) is 0 Å². The number of hydrogen-bond donors (Lipinski definition) is 2. The Bertz CT molecular complexity index is 1230. The Balaban J connectivity index is 1.30. The third-order valence-corrected chi connectivity index (χ3v) is 7.69. The topological polar surface area (TPSA) is 70.7 Å². The minimum absolute atomic E-state index is 0.0592. The number of hydrogen-bond acceptors (Lipinski definition) is 4. The summed E-state index contributed by atoms with van der Waals surface area (Å²) in [5.41, 5.74) is 3.93. The number of nitrogens with one attached hydrogen (secondary N) is 2. The van der Waals surface area contributed by atoms with Crippen LogP contribution in [0.2, 0.25) is 5.02 Å². The molecule has 0 bridgehead atoms. The molecule has 0 saturated carbocycles. The molecule has 1 atom stereocenters. The third kappa shape index (κ3) is 6.74. The van der Waals surface area contributed by atoms with Gasteiger partial charge in [0.1, 0.15) is 0 Å². The van der Waals surface area contributed by atoms with Crippen LogP contribution >= 0.6 is 11.6 Å². The smallest absolute Gasteiger partial charge is 0.255 e. The average Bonchev–Trinajstić information content (AvgIpc) is 3.47. The van der Waals surface area contributed by atoms with E-state index in [-0.39, 0.29) is 17.9 Å². The number of nitrogens with zero attached hydrogens (tertiary/aromatic N) is 1. The van der Waals surface area contributed by atoms with E-state index in [0.29, 0.717) is 34.3 Å². The molecule has 0 spiro atoms. The van der Waals surface area contributed by atoms with Gasteiger partial charge in [0.2, 0.25) is 0 Å². The summed E-state index contributed by atoms with van der Waals surface area (Å²) in [4.78, 5) is 28.5. The van der Waals surface area contributed by atoms with E-state index in [9.17, 15) is 9.59 Å². The van der Waals surface area contributed by atoms with Crippen molar-refractivity contribution in [3.8, 4) is 0 Å². The average molecular weight is 532 g/mol. The monoisotopic (exact) mass is 531 g/mol. The number of carbonyl (C=O) groups excluding carboxylic acids is 2. The van der Waals surface area contributed by atoms with Crippen molar-refractivity contribution in [2.75, 3.05) is 36.5 Å². The molecule has 3 aromatic carbocycles. The van der Waals surface area contributed by atoms with Gasteiger partial charge in [-0.3, -0.25) is 9.59 Å². The Morgan fingerprint density at radius 1 is 0.921 bits per heavy atom. The summed E-state index contributed by atoms with van der Waals surface area (Å²) >= 11 is 5.96. The first-order valence-electron chi connectivity index (χ1n) is 13.4. The maximum Gasteiger partial charge on any atom is 0.255 e. The molecule has 3 aromatic rings. The van der Waals surface area contributed by atoms with E-state index in [1.165, 1.54) is 5.56 Å². The molecule has 6 nitrogen and oxygen atoms in total. The van der Waals surface area contributed by atoms with Crippen LogP contribution in [-0.4, -0.2) is 44.2 Å². The molecule has 2 amide bonds. The van der Waals surface area contributed by atoms with E-state index >= 15 is 0 Å². The van der Waals surface area contributed by atoms with Crippen molar-refractivity contribution in [3.05, 3.63) is 94.5 Å². The summed E-state index contributed by atoms with van der Waals surface area (Å²) in [7, 11) is 0. The molecule has 1 unspecified atom stereocenters. The first-order chi connectivity index (χ1) is 18.5. The first-order valence-corrected chi connectivity index (χ1v) is 13.8. The first kappa shape index (κ1) is 26.3. The zero-order valence-electron chi connectivity index (χ0n) is 21.5. The zero-order chi connectivity index (χ0) is 26.3. The van der Waals surface area contributed by atoms with Gasteiger partial charge in [-0.2, -0.15) is 0 Å². The van der Waals surface area contributed by atoms with E-state index < -0.39 is 0 Å². The molecular formula is C31H34ClN3O3. The lowest BCUT2D eigenvalue weighted by Crippen LogP contribution is -2.37. The lowest BCUT2D eigenvalue weighted by molar-refractivity contribution is 0.0858. The summed E-state index contributed by atoms with van der Waals surface area (Å²) in [6.45, 7) is 3.01. The Kier molecular flexibility index (Phi) is 8.61. The molecule has 2 N–H and O–H groups in total. The Morgan fingerprint density at radius 2 is 1.68 bits per heavy atom. The predicted octanol–water partition coefficient (Wildman–Crippen LogP) is 5.96. The van der Waals surface area contributed by atoms with Gasteiger partial charge in [-0.05, 0) is 86.1 Å². The predicted molar refractivity (Wildman–Crippen MR) is 152 cm³/mol. The second kappa shape index (κ2) is 12.5. The highest BCUT2D eigenvalue weighted by Gasteiger charge is 2.25. The molecule has 5 rings (SSSR count). The van der Waals surface area contributed by atoms with Crippen LogP contribution in [0.3, 0.4) is 0 Å². The second-order valence-corrected chi connectivity index (χ2v) is 10.6. The van der Waals surface area contributed by atoms with Crippen molar-refractivity contribution < 1.29 is 14.3 Å². The highest BCUT2D eigenvalue weighted by Crippen LogP contribution is 2.30. The highest BCUT2D eigenvalue weighted by atomic mass is 35.5. The van der Waals surface area contributed by atoms with Crippen molar-refractivity contribution in [1.29, 1.82) is 0 Å². The number of benzene rings is 3. The molecule has 0 aliphatic carbocycles. The van der Waals surface area contributed by atoms with Crippen molar-refractivity contribution in [1.82, 2.24) is 5.32 Å². The fraction of sp³-hybridized carbons (Fsp3) is 0.355. The van der Waals surface area contributed by atoms with E-state index in [4.69, 9.17) is 16.3 Å². The quantitative estimate of drug-likeness (QED) is 0.376. The number of rotatable bonds is 8. The van der Waals surface area contributed by atoms with Crippen molar-refractivity contribution in [2.24, 2.45) is 5.92 Å². The van der Waals surface area contributed by atoms with Crippen LogP contribution in [0.4, 0.5) is 11.4 Å². The molecule has 2 aliphatic rings. The molecule has 2 saturated heterocycles. The van der Waals surface area contributed by atoms with Crippen LogP contribution < -0.4 is 15.5 Å². The maximum absolute atomic E-state index is 13.4. The standard InChI is InChI=1S/C31H34ClN3O3/c32-25-10-8-24(9-11-25)30(36)34-26-12-13-29(28(20-26)31(37)33-21-27-7-4-18-38-27)35-16-14-23(15-17-35)19-22-5-2-1-3-6-22/h1-3,5-6,8-13,20,23,27H,4,7,14-19,21H2,(H,33,37)(H,34,36). The van der Waals surface area contributed by atoms with E-state index in [1.54, 1.807) is 30.3 Å². The van der Waals surface area contributed by atoms with Gasteiger partial charge < -0.3 is 20.3 Å². The Labute approximate surface area is 229 Å². The Hall–Kier alpha value is -3.35. The van der Waals surface area contributed by atoms with E-state index in [1.807, 2.05) is 12.1 Å². The normalized spacial score (nSPS) is 17.8. The van der Waals surface area contributed by atoms with Crippen LogP contribution in [0, 0.1) is 5.92 Å². The van der Waals surface area contributed by atoms with Crippen LogP contribution in [0.15, 0.2) is 72.8 Å². The molecule has 38 heavy (non-hydrogen) atoms. The molecule has 7 heteroatoms. The van der Waals surface area contributed by atoms with Crippen molar-refractivity contribution >= 4 is 34.8 Å². The highest BCUT2D eigenvalue weighted by molar-refractivity contribution is 6.30. The molecule has 0 radical (unpaired) electrons. The third-order valence-electron chi connectivity index (χ3n) is 7.44. The van der Waals surface area contributed by atoms with Crippen molar-refractivity contribution in [2.45, 2.75) is 38.2 Å². The van der Waals surface area contributed by atoms with Gasteiger partial charge in [-0.25, -0.2) is 0 Å². The van der Waals surface area contributed by atoms with Crippen LogP contribution in [0.5, 0.6) is 0 Å². The van der Waals surface area contributed by atoms with Gasteiger partial charge in [0.05, 0.1) is 11.7 Å². The minimum atomic E-state index is -0.248. The molecule has 2 heterocycles. The van der Waals surface area contributed by atoms with Crippen molar-refractivity contribution in [3.63, 3.8) is 0 Å². The largest absolute Gasteiger partial charge is 0.376 e. The van der Waals surface area contributed by atoms with Crippen LogP contribution in [0.1, 0.15) is 52.0 Å². The summed E-state index contributed by atoms with van der Waals surface area (Å²) in [5.74, 6) is 0.231. The second-order valence-electron chi connectivity index (χ2n) is 10.2. The summed E-state index contributed by atoms with van der Waals surface area (Å²) in [6.07, 6.45) is 5.26. The summed E-state index contributed by atoms with van der Waals surface area (Å²) in [5, 5.41) is 6.56. The number of piperidine rings is 1. The van der Waals surface area contributed by atoms with Gasteiger partial charge in [0.25, 0.3) is 11.8 Å². The molecule has 0 aromatic heterocycles. The lowest BCUT2D eigenvalue weighted by atomic mass is 9.89. The summed E-state index contributed by atoms with van der Waals surface area (Å²) in [6, 6.07) is 23.0. The van der Waals surface area contributed by atoms with Crippen LogP contribution in [-0.2, 0) is 11.2 Å². The van der Waals surface area contributed by atoms with E-state index in [0.717, 1.165) is 57.5 Å². The molecule has 2 aliphatic heterocycles. The van der Waals surface area contributed by atoms with E-state index in [2.05, 4.69) is 45.9 Å². The number of halogens is 1. The van der Waals surface area contributed by atoms with Gasteiger partial charge in [-0.15, -0.1) is 0 Å². The number of ether oxygens (including phenoxy) is 1. The fourth-order valence-electron chi connectivity index (χ4n) is 5.31.